The number of para-hydroxylation sites is 1. The fourth-order valence-electron chi connectivity index (χ4n) is 2.69. The minimum Gasteiger partial charge on any atom is -0.493 e. The smallest absolute Gasteiger partial charge is 0.319 e. The van der Waals surface area contributed by atoms with Gasteiger partial charge in [-0.25, -0.2) is 4.79 Å². The summed E-state index contributed by atoms with van der Waals surface area (Å²) in [6.45, 7) is 1.62. The van der Waals surface area contributed by atoms with Crippen LogP contribution in [0.5, 0.6) is 11.5 Å². The number of amides is 2. The van der Waals surface area contributed by atoms with Gasteiger partial charge in [0.2, 0.25) is 0 Å². The van der Waals surface area contributed by atoms with Gasteiger partial charge in [0.25, 0.3) is 0 Å². The lowest BCUT2D eigenvalue weighted by molar-refractivity contribution is 0.146. The van der Waals surface area contributed by atoms with E-state index < -0.39 is 0 Å². The Kier molecular flexibility index (Phi) is 5.74. The Balaban J connectivity index is 1.55. The van der Waals surface area contributed by atoms with Crippen molar-refractivity contribution >= 4 is 11.7 Å². The van der Waals surface area contributed by atoms with E-state index in [1.165, 1.54) is 0 Å². The summed E-state index contributed by atoms with van der Waals surface area (Å²) in [5.74, 6) is 1.57. The maximum atomic E-state index is 12.3. The molecule has 1 aliphatic rings. The first-order valence-electron chi connectivity index (χ1n) is 8.27. The number of methoxy groups -OCH3 is 1. The van der Waals surface area contributed by atoms with Gasteiger partial charge in [-0.15, -0.1) is 0 Å². The Morgan fingerprint density at radius 1 is 1.16 bits per heavy atom. The average molecular weight is 342 g/mol. The second-order valence-electron chi connectivity index (χ2n) is 5.69. The Morgan fingerprint density at radius 2 is 1.96 bits per heavy atom. The van der Waals surface area contributed by atoms with Gasteiger partial charge in [-0.2, -0.15) is 0 Å². The third-order valence-electron chi connectivity index (χ3n) is 3.93. The standard InChI is InChI=1S/C19H22N2O4/c1-23-12-13-24-15-8-6-14(7-9-15)20-19(22)21-17-10-11-25-18-5-3-2-4-16(17)18/h2-9,17H,10-13H2,1H3,(H2,20,21,22). The molecule has 0 radical (unpaired) electrons. The zero-order valence-electron chi connectivity index (χ0n) is 14.2. The van der Waals surface area contributed by atoms with Crippen LogP contribution < -0.4 is 20.1 Å². The molecule has 0 fully saturated rings. The number of hydrogen-bond donors (Lipinski definition) is 2. The first-order chi connectivity index (χ1) is 12.3. The van der Waals surface area contributed by atoms with Crippen LogP contribution in [-0.2, 0) is 4.74 Å². The van der Waals surface area contributed by atoms with Crippen LogP contribution in [-0.4, -0.2) is 33.0 Å². The van der Waals surface area contributed by atoms with E-state index in [2.05, 4.69) is 10.6 Å². The summed E-state index contributed by atoms with van der Waals surface area (Å²) in [6, 6.07) is 14.7. The minimum absolute atomic E-state index is 0.0541. The van der Waals surface area contributed by atoms with Gasteiger partial charge in [0, 0.05) is 24.8 Å². The predicted octanol–water partition coefficient (Wildman–Crippen LogP) is 3.36. The van der Waals surface area contributed by atoms with E-state index in [0.29, 0.717) is 25.5 Å². The van der Waals surface area contributed by atoms with Crippen molar-refractivity contribution in [2.24, 2.45) is 0 Å². The molecule has 0 spiro atoms. The lowest BCUT2D eigenvalue weighted by Gasteiger charge is -2.26. The zero-order chi connectivity index (χ0) is 17.5. The molecule has 0 saturated heterocycles. The number of carbonyl (C=O) groups is 1. The molecule has 2 aromatic carbocycles. The summed E-state index contributed by atoms with van der Waals surface area (Å²) in [7, 11) is 1.63. The maximum Gasteiger partial charge on any atom is 0.319 e. The summed E-state index contributed by atoms with van der Waals surface area (Å²) < 4.78 is 16.1. The van der Waals surface area contributed by atoms with Crippen molar-refractivity contribution in [3.63, 3.8) is 0 Å². The highest BCUT2D eigenvalue weighted by atomic mass is 16.5. The molecular weight excluding hydrogens is 320 g/mol. The van der Waals surface area contributed by atoms with Gasteiger partial charge < -0.3 is 24.8 Å². The van der Waals surface area contributed by atoms with Crippen LogP contribution in [0.1, 0.15) is 18.0 Å². The number of carbonyl (C=O) groups excluding carboxylic acids is 1. The second kappa shape index (κ2) is 8.39. The fraction of sp³-hybridized carbons (Fsp3) is 0.316. The monoisotopic (exact) mass is 342 g/mol. The average Bonchev–Trinajstić information content (AvgIpc) is 2.64. The third-order valence-corrected chi connectivity index (χ3v) is 3.93. The number of nitrogens with one attached hydrogen (secondary N) is 2. The molecular formula is C19H22N2O4. The van der Waals surface area contributed by atoms with Crippen LogP contribution in [0.3, 0.4) is 0 Å². The van der Waals surface area contributed by atoms with Crippen LogP contribution in [0.4, 0.5) is 10.5 Å². The normalized spacial score (nSPS) is 15.6. The van der Waals surface area contributed by atoms with Crippen LogP contribution in [0, 0.1) is 0 Å². The van der Waals surface area contributed by atoms with Crippen molar-refractivity contribution < 1.29 is 19.0 Å². The van der Waals surface area contributed by atoms with Crippen molar-refractivity contribution in [3.8, 4) is 11.5 Å². The lowest BCUT2D eigenvalue weighted by Crippen LogP contribution is -2.35. The van der Waals surface area contributed by atoms with Gasteiger partial charge in [0.1, 0.15) is 18.1 Å². The molecule has 1 unspecified atom stereocenters. The van der Waals surface area contributed by atoms with Crippen molar-refractivity contribution in [1.82, 2.24) is 5.32 Å². The molecule has 2 aromatic rings. The lowest BCUT2D eigenvalue weighted by atomic mass is 10.0. The second-order valence-corrected chi connectivity index (χ2v) is 5.69. The molecule has 0 aromatic heterocycles. The van der Waals surface area contributed by atoms with E-state index in [-0.39, 0.29) is 12.1 Å². The summed E-state index contributed by atoms with van der Waals surface area (Å²) in [4.78, 5) is 12.3. The molecule has 25 heavy (non-hydrogen) atoms. The molecule has 132 valence electrons. The number of ether oxygens (including phenoxy) is 3. The Labute approximate surface area is 147 Å². The molecule has 1 aliphatic heterocycles. The van der Waals surface area contributed by atoms with Gasteiger partial charge in [0.15, 0.2) is 0 Å². The highest BCUT2D eigenvalue weighted by Gasteiger charge is 2.22. The number of fused-ring (bicyclic) bond motifs is 1. The van der Waals surface area contributed by atoms with Gasteiger partial charge in [-0.05, 0) is 30.3 Å². The van der Waals surface area contributed by atoms with Crippen LogP contribution >= 0.6 is 0 Å². The molecule has 1 heterocycles. The first-order valence-corrected chi connectivity index (χ1v) is 8.27. The van der Waals surface area contributed by atoms with E-state index in [1.54, 1.807) is 19.2 Å². The Hall–Kier alpha value is -2.73. The molecule has 6 nitrogen and oxygen atoms in total. The maximum absolute atomic E-state index is 12.3. The number of rotatable bonds is 6. The Bertz CT molecular complexity index is 703. The van der Waals surface area contributed by atoms with Crippen LogP contribution in [0.15, 0.2) is 48.5 Å². The Morgan fingerprint density at radius 3 is 2.76 bits per heavy atom. The van der Waals surface area contributed by atoms with Crippen molar-refractivity contribution in [3.05, 3.63) is 54.1 Å². The fourth-order valence-corrected chi connectivity index (χ4v) is 2.69. The number of urea groups is 1. The van der Waals surface area contributed by atoms with Gasteiger partial charge in [-0.3, -0.25) is 0 Å². The molecule has 2 N–H and O–H groups in total. The van der Waals surface area contributed by atoms with Crippen LogP contribution in [0.2, 0.25) is 0 Å². The molecule has 3 rings (SSSR count). The number of anilines is 1. The highest BCUT2D eigenvalue weighted by Crippen LogP contribution is 2.31. The topological polar surface area (TPSA) is 68.8 Å². The van der Waals surface area contributed by atoms with Crippen molar-refractivity contribution in [1.29, 1.82) is 0 Å². The number of hydrogen-bond acceptors (Lipinski definition) is 4. The summed E-state index contributed by atoms with van der Waals surface area (Å²) in [6.07, 6.45) is 0.747. The van der Waals surface area contributed by atoms with E-state index in [0.717, 1.165) is 23.5 Å². The van der Waals surface area contributed by atoms with Gasteiger partial charge in [-0.1, -0.05) is 18.2 Å². The third kappa shape index (κ3) is 4.64. The highest BCUT2D eigenvalue weighted by molar-refractivity contribution is 5.89. The minimum atomic E-state index is -0.241. The van der Waals surface area contributed by atoms with Crippen LogP contribution in [0.25, 0.3) is 0 Å². The molecule has 0 aliphatic carbocycles. The van der Waals surface area contributed by atoms with E-state index in [4.69, 9.17) is 14.2 Å². The largest absolute Gasteiger partial charge is 0.493 e. The molecule has 1 atom stereocenters. The molecule has 2 amide bonds. The molecule has 0 saturated carbocycles. The SMILES string of the molecule is COCCOc1ccc(NC(=O)NC2CCOc3ccccc32)cc1. The predicted molar refractivity (Wildman–Crippen MR) is 95.3 cm³/mol. The first kappa shape index (κ1) is 17.1. The molecule has 0 bridgehead atoms. The summed E-state index contributed by atoms with van der Waals surface area (Å²) >= 11 is 0. The zero-order valence-corrected chi connectivity index (χ0v) is 14.2. The molecule has 6 heteroatoms. The number of benzene rings is 2. The van der Waals surface area contributed by atoms with Crippen molar-refractivity contribution in [2.45, 2.75) is 12.5 Å². The van der Waals surface area contributed by atoms with Gasteiger partial charge >= 0.3 is 6.03 Å². The van der Waals surface area contributed by atoms with E-state index in [9.17, 15) is 4.79 Å². The summed E-state index contributed by atoms with van der Waals surface area (Å²) in [5.41, 5.74) is 1.71. The van der Waals surface area contributed by atoms with Crippen molar-refractivity contribution in [2.75, 3.05) is 32.2 Å². The van der Waals surface area contributed by atoms with E-state index in [1.807, 2.05) is 36.4 Å². The van der Waals surface area contributed by atoms with E-state index >= 15 is 0 Å². The summed E-state index contributed by atoms with van der Waals surface area (Å²) in [5, 5.41) is 5.85. The van der Waals surface area contributed by atoms with Gasteiger partial charge in [0.05, 0.1) is 19.3 Å². The quantitative estimate of drug-likeness (QED) is 0.790.